The molecule has 1 N–H and O–H groups in total. The van der Waals surface area contributed by atoms with E-state index in [1.165, 1.54) is 31.4 Å². The second kappa shape index (κ2) is 7.41. The molecule has 1 aliphatic carbocycles. The third-order valence-corrected chi connectivity index (χ3v) is 5.47. The van der Waals surface area contributed by atoms with E-state index >= 15 is 0 Å². The third kappa shape index (κ3) is 3.95. The van der Waals surface area contributed by atoms with Gasteiger partial charge < -0.3 is 5.32 Å². The zero-order valence-corrected chi connectivity index (χ0v) is 13.0. The van der Waals surface area contributed by atoms with Crippen LogP contribution < -0.4 is 5.32 Å². The second-order valence-corrected chi connectivity index (χ2v) is 6.80. The Morgan fingerprint density at radius 3 is 2.65 bits per heavy atom. The van der Waals surface area contributed by atoms with Gasteiger partial charge in [0.25, 0.3) is 0 Å². The lowest BCUT2D eigenvalue weighted by molar-refractivity contribution is 0.298. The number of hydrogen-bond acceptors (Lipinski definition) is 2. The average molecular weight is 299 g/mol. The molecule has 0 aliphatic heterocycles. The fraction of sp³-hybridized carbons (Fsp3) is 0.625. The van der Waals surface area contributed by atoms with Crippen LogP contribution in [0.3, 0.4) is 0 Å². The number of rotatable bonds is 5. The fourth-order valence-electron chi connectivity index (χ4n) is 2.93. The summed E-state index contributed by atoms with van der Waals surface area (Å²) in [5.74, 6) is -0.766. The zero-order chi connectivity index (χ0) is 14.5. The number of hydrogen-bond donors (Lipinski definition) is 1. The fourth-order valence-corrected chi connectivity index (χ4v) is 4.37. The summed E-state index contributed by atoms with van der Waals surface area (Å²) in [6.07, 6.45) is 4.79. The van der Waals surface area contributed by atoms with Crippen LogP contribution >= 0.6 is 11.8 Å². The van der Waals surface area contributed by atoms with E-state index in [4.69, 9.17) is 0 Å². The van der Waals surface area contributed by atoms with Crippen LogP contribution in [0.15, 0.2) is 23.1 Å². The van der Waals surface area contributed by atoms with E-state index in [0.717, 1.165) is 23.8 Å². The van der Waals surface area contributed by atoms with Crippen molar-refractivity contribution in [1.82, 2.24) is 5.32 Å². The molecule has 0 radical (unpaired) electrons. The Balaban J connectivity index is 2.07. The van der Waals surface area contributed by atoms with Gasteiger partial charge in [-0.3, -0.25) is 0 Å². The highest BCUT2D eigenvalue weighted by Gasteiger charge is 2.30. The van der Waals surface area contributed by atoms with Gasteiger partial charge in [-0.25, -0.2) is 8.78 Å². The summed E-state index contributed by atoms with van der Waals surface area (Å²) in [5.41, 5.74) is 0. The second-order valence-electron chi connectivity index (χ2n) is 5.48. The minimum atomic E-state index is -0.771. The predicted octanol–water partition coefficient (Wildman–Crippen LogP) is 4.61. The first-order valence-corrected chi connectivity index (χ1v) is 8.37. The Morgan fingerprint density at radius 2 is 2.00 bits per heavy atom. The number of nitrogens with one attached hydrogen (secondary N) is 1. The highest BCUT2D eigenvalue weighted by atomic mass is 32.2. The van der Waals surface area contributed by atoms with Crippen molar-refractivity contribution in [1.29, 1.82) is 0 Å². The molecule has 0 aromatic heterocycles. The average Bonchev–Trinajstić information content (AvgIpc) is 2.45. The minimum Gasteiger partial charge on any atom is -0.313 e. The van der Waals surface area contributed by atoms with E-state index in [2.05, 4.69) is 19.2 Å². The molecule has 1 saturated carbocycles. The van der Waals surface area contributed by atoms with Gasteiger partial charge in [-0.2, -0.15) is 0 Å². The molecule has 1 aliphatic rings. The summed E-state index contributed by atoms with van der Waals surface area (Å²) in [6.45, 7) is 5.30. The van der Waals surface area contributed by atoms with Crippen LogP contribution in [-0.4, -0.2) is 17.8 Å². The van der Waals surface area contributed by atoms with Gasteiger partial charge in [0.2, 0.25) is 0 Å². The van der Waals surface area contributed by atoms with Gasteiger partial charge in [-0.1, -0.05) is 20.3 Å². The third-order valence-electron chi connectivity index (χ3n) is 4.12. The number of benzene rings is 1. The summed E-state index contributed by atoms with van der Waals surface area (Å²) in [4.78, 5) is 0.827. The molecule has 2 rings (SSSR count). The van der Waals surface area contributed by atoms with Gasteiger partial charge in [0.05, 0.1) is 0 Å². The van der Waals surface area contributed by atoms with Gasteiger partial charge in [0.15, 0.2) is 11.6 Å². The Bertz CT molecular complexity index is 438. The van der Waals surface area contributed by atoms with E-state index in [1.807, 2.05) is 0 Å². The highest BCUT2D eigenvalue weighted by molar-refractivity contribution is 8.00. The van der Waals surface area contributed by atoms with Gasteiger partial charge in [0, 0.05) is 16.2 Å². The summed E-state index contributed by atoms with van der Waals surface area (Å²) in [5, 5.41) is 3.98. The van der Waals surface area contributed by atoms with E-state index in [1.54, 1.807) is 17.8 Å². The summed E-state index contributed by atoms with van der Waals surface area (Å²) >= 11 is 1.69. The lowest BCUT2D eigenvalue weighted by atomic mass is 9.84. The Kier molecular flexibility index (Phi) is 5.85. The standard InChI is InChI=1S/C16H23F2NS/c1-3-11-5-8-15(19-4-2)16(9-11)20-12-6-7-13(17)14(18)10-12/h6-7,10-11,15-16,19H,3-5,8-9H2,1-2H3. The molecule has 4 heteroatoms. The van der Waals surface area contributed by atoms with Gasteiger partial charge in [-0.15, -0.1) is 11.8 Å². The van der Waals surface area contributed by atoms with Crippen molar-refractivity contribution < 1.29 is 8.78 Å². The lowest BCUT2D eigenvalue weighted by Crippen LogP contribution is -2.42. The monoisotopic (exact) mass is 299 g/mol. The van der Waals surface area contributed by atoms with Crippen LogP contribution in [0.25, 0.3) is 0 Å². The molecule has 0 saturated heterocycles. The lowest BCUT2D eigenvalue weighted by Gasteiger charge is -2.36. The van der Waals surface area contributed by atoms with Crippen molar-refractivity contribution in [3.05, 3.63) is 29.8 Å². The molecule has 1 aromatic carbocycles. The largest absolute Gasteiger partial charge is 0.313 e. The van der Waals surface area contributed by atoms with Crippen molar-refractivity contribution >= 4 is 11.8 Å². The van der Waals surface area contributed by atoms with Crippen molar-refractivity contribution in [3.63, 3.8) is 0 Å². The van der Waals surface area contributed by atoms with Crippen LogP contribution in [0, 0.1) is 17.6 Å². The van der Waals surface area contributed by atoms with E-state index in [9.17, 15) is 8.78 Å². The molecule has 1 fully saturated rings. The van der Waals surface area contributed by atoms with Crippen LogP contribution in [0.1, 0.15) is 39.5 Å². The summed E-state index contributed by atoms with van der Waals surface area (Å²) in [6, 6.07) is 4.70. The smallest absolute Gasteiger partial charge is 0.159 e. The molecule has 112 valence electrons. The molecule has 1 nitrogen and oxygen atoms in total. The maximum atomic E-state index is 13.3. The Morgan fingerprint density at radius 1 is 1.20 bits per heavy atom. The van der Waals surface area contributed by atoms with Gasteiger partial charge in [-0.05, 0) is 49.9 Å². The Labute approximate surface area is 124 Å². The quantitative estimate of drug-likeness (QED) is 0.852. The van der Waals surface area contributed by atoms with Crippen LogP contribution in [0.2, 0.25) is 0 Å². The molecule has 3 unspecified atom stereocenters. The molecule has 0 spiro atoms. The van der Waals surface area contributed by atoms with E-state index in [-0.39, 0.29) is 0 Å². The molecule has 0 amide bonds. The summed E-state index contributed by atoms with van der Waals surface area (Å²) in [7, 11) is 0. The first-order chi connectivity index (χ1) is 9.63. The molecule has 0 heterocycles. The van der Waals surface area contributed by atoms with Crippen molar-refractivity contribution in [2.75, 3.05) is 6.54 Å². The summed E-state index contributed by atoms with van der Waals surface area (Å²) < 4.78 is 26.3. The van der Waals surface area contributed by atoms with E-state index < -0.39 is 11.6 Å². The first kappa shape index (κ1) is 15.8. The maximum Gasteiger partial charge on any atom is 0.159 e. The van der Waals surface area contributed by atoms with Gasteiger partial charge in [0.1, 0.15) is 0 Å². The number of thioether (sulfide) groups is 1. The molecular weight excluding hydrogens is 276 g/mol. The highest BCUT2D eigenvalue weighted by Crippen LogP contribution is 2.37. The van der Waals surface area contributed by atoms with E-state index in [0.29, 0.717) is 11.3 Å². The first-order valence-electron chi connectivity index (χ1n) is 7.49. The van der Waals surface area contributed by atoms with Crippen LogP contribution in [0.5, 0.6) is 0 Å². The van der Waals surface area contributed by atoms with Crippen molar-refractivity contribution in [2.24, 2.45) is 5.92 Å². The maximum absolute atomic E-state index is 13.3. The normalized spacial score (nSPS) is 26.7. The van der Waals surface area contributed by atoms with Crippen molar-refractivity contribution in [2.45, 2.75) is 55.7 Å². The minimum absolute atomic E-state index is 0.443. The predicted molar refractivity (Wildman–Crippen MR) is 81.1 cm³/mol. The topological polar surface area (TPSA) is 12.0 Å². The molecule has 20 heavy (non-hydrogen) atoms. The molecular formula is C16H23F2NS. The van der Waals surface area contributed by atoms with Crippen LogP contribution in [0.4, 0.5) is 8.78 Å². The van der Waals surface area contributed by atoms with Crippen molar-refractivity contribution in [3.8, 4) is 0 Å². The number of halogens is 2. The van der Waals surface area contributed by atoms with Crippen LogP contribution in [-0.2, 0) is 0 Å². The molecule has 3 atom stereocenters. The SMILES string of the molecule is CCNC1CCC(CC)CC1Sc1ccc(F)c(F)c1. The zero-order valence-electron chi connectivity index (χ0n) is 12.2. The molecule has 1 aromatic rings. The Hall–Kier alpha value is -0.610. The molecule has 0 bridgehead atoms. The van der Waals surface area contributed by atoms with Gasteiger partial charge >= 0.3 is 0 Å².